The molecule has 1 aromatic rings. The van der Waals surface area contributed by atoms with Gasteiger partial charge in [0.1, 0.15) is 5.75 Å². The van der Waals surface area contributed by atoms with Gasteiger partial charge in [-0.25, -0.2) is 0 Å². The number of benzene rings is 1. The van der Waals surface area contributed by atoms with Crippen molar-refractivity contribution in [3.05, 3.63) is 54.1 Å². The first-order chi connectivity index (χ1) is 10.1. The zero-order valence-corrected chi connectivity index (χ0v) is 12.9. The Bertz CT molecular complexity index is 605. The van der Waals surface area contributed by atoms with Crippen molar-refractivity contribution in [3.8, 4) is 5.75 Å². The molecule has 110 valence electrons. The number of rotatable bonds is 3. The molecule has 0 radical (unpaired) electrons. The van der Waals surface area contributed by atoms with Crippen LogP contribution in [-0.4, -0.2) is 23.9 Å². The quantitative estimate of drug-likeness (QED) is 0.838. The molecule has 1 aliphatic carbocycles. The molecule has 0 amide bonds. The SMILES string of the molecule is COc1cccc(C2CC=NN2C2(C)C=CC=CC2C)c1. The summed E-state index contributed by atoms with van der Waals surface area (Å²) >= 11 is 0. The van der Waals surface area contributed by atoms with E-state index in [1.54, 1.807) is 7.11 Å². The van der Waals surface area contributed by atoms with Crippen molar-refractivity contribution in [2.24, 2.45) is 11.0 Å². The summed E-state index contributed by atoms with van der Waals surface area (Å²) in [6.45, 7) is 4.50. The average molecular weight is 282 g/mol. The van der Waals surface area contributed by atoms with Gasteiger partial charge in [0.15, 0.2) is 0 Å². The first-order valence-electron chi connectivity index (χ1n) is 7.47. The van der Waals surface area contributed by atoms with Crippen molar-refractivity contribution in [2.45, 2.75) is 31.8 Å². The van der Waals surface area contributed by atoms with E-state index in [0.29, 0.717) is 5.92 Å². The van der Waals surface area contributed by atoms with Gasteiger partial charge in [-0.2, -0.15) is 5.10 Å². The second kappa shape index (κ2) is 5.40. The van der Waals surface area contributed by atoms with Crippen LogP contribution in [0.5, 0.6) is 5.75 Å². The van der Waals surface area contributed by atoms with Crippen LogP contribution in [-0.2, 0) is 0 Å². The molecule has 0 bridgehead atoms. The Hall–Kier alpha value is -2.03. The maximum absolute atomic E-state index is 5.36. The Kier molecular flexibility index (Phi) is 3.58. The molecular formula is C18H22N2O. The van der Waals surface area contributed by atoms with E-state index in [2.05, 4.69) is 60.4 Å². The van der Waals surface area contributed by atoms with Crippen LogP contribution >= 0.6 is 0 Å². The lowest BCUT2D eigenvalue weighted by atomic mass is 9.81. The van der Waals surface area contributed by atoms with Crippen LogP contribution in [0.2, 0.25) is 0 Å². The van der Waals surface area contributed by atoms with Crippen molar-refractivity contribution >= 4 is 6.21 Å². The molecule has 21 heavy (non-hydrogen) atoms. The van der Waals surface area contributed by atoms with Gasteiger partial charge in [0.25, 0.3) is 0 Å². The molecule has 0 saturated heterocycles. The van der Waals surface area contributed by atoms with Gasteiger partial charge in [-0.3, -0.25) is 5.01 Å². The molecule has 3 nitrogen and oxygen atoms in total. The number of hydrogen-bond donors (Lipinski definition) is 0. The Balaban J connectivity index is 1.93. The van der Waals surface area contributed by atoms with E-state index in [1.807, 2.05) is 18.3 Å². The summed E-state index contributed by atoms with van der Waals surface area (Å²) in [6, 6.07) is 8.57. The lowest BCUT2D eigenvalue weighted by molar-refractivity contribution is 0.0820. The van der Waals surface area contributed by atoms with E-state index < -0.39 is 0 Å². The Morgan fingerprint density at radius 2 is 2.19 bits per heavy atom. The van der Waals surface area contributed by atoms with Crippen molar-refractivity contribution < 1.29 is 4.74 Å². The summed E-state index contributed by atoms with van der Waals surface area (Å²) in [7, 11) is 1.71. The molecule has 0 saturated carbocycles. The van der Waals surface area contributed by atoms with E-state index in [9.17, 15) is 0 Å². The number of allylic oxidation sites excluding steroid dienone is 2. The smallest absolute Gasteiger partial charge is 0.119 e. The Labute approximate surface area is 126 Å². The van der Waals surface area contributed by atoms with Crippen LogP contribution in [0.1, 0.15) is 31.9 Å². The van der Waals surface area contributed by atoms with Crippen molar-refractivity contribution in [1.82, 2.24) is 5.01 Å². The van der Waals surface area contributed by atoms with Crippen LogP contribution in [0.4, 0.5) is 0 Å². The predicted octanol–water partition coefficient (Wildman–Crippen LogP) is 3.95. The summed E-state index contributed by atoms with van der Waals surface area (Å²) in [5, 5.41) is 6.92. The first-order valence-corrected chi connectivity index (χ1v) is 7.47. The normalized spacial score (nSPS) is 30.9. The minimum Gasteiger partial charge on any atom is -0.497 e. The van der Waals surface area contributed by atoms with E-state index in [1.165, 1.54) is 5.56 Å². The summed E-state index contributed by atoms with van der Waals surface area (Å²) in [6.07, 6.45) is 11.7. The largest absolute Gasteiger partial charge is 0.497 e. The Morgan fingerprint density at radius 3 is 2.95 bits per heavy atom. The molecule has 0 fully saturated rings. The molecule has 0 N–H and O–H groups in total. The maximum Gasteiger partial charge on any atom is 0.119 e. The van der Waals surface area contributed by atoms with Crippen LogP contribution in [0, 0.1) is 5.92 Å². The lowest BCUT2D eigenvalue weighted by Crippen LogP contribution is -2.47. The van der Waals surface area contributed by atoms with Crippen LogP contribution in [0.15, 0.2) is 53.7 Å². The third kappa shape index (κ3) is 2.37. The number of ether oxygens (including phenoxy) is 1. The Morgan fingerprint density at radius 1 is 1.33 bits per heavy atom. The van der Waals surface area contributed by atoms with Crippen LogP contribution in [0.3, 0.4) is 0 Å². The number of methoxy groups -OCH3 is 1. The van der Waals surface area contributed by atoms with Gasteiger partial charge in [0, 0.05) is 18.6 Å². The van der Waals surface area contributed by atoms with E-state index in [4.69, 9.17) is 4.74 Å². The molecule has 1 aromatic carbocycles. The standard InChI is InChI=1S/C18H22N2O/c1-14-7-4-5-11-18(14,2)20-17(10-12-19-20)15-8-6-9-16(13-15)21-3/h4-9,11-14,17H,10H2,1-3H3. The summed E-state index contributed by atoms with van der Waals surface area (Å²) < 4.78 is 5.36. The molecular weight excluding hydrogens is 260 g/mol. The summed E-state index contributed by atoms with van der Waals surface area (Å²) in [4.78, 5) is 0. The fourth-order valence-corrected chi connectivity index (χ4v) is 3.11. The zero-order chi connectivity index (χ0) is 14.9. The first kappa shape index (κ1) is 13.9. The molecule has 0 aromatic heterocycles. The van der Waals surface area contributed by atoms with Gasteiger partial charge in [-0.1, -0.05) is 43.4 Å². The number of nitrogens with zero attached hydrogens (tertiary/aromatic N) is 2. The highest BCUT2D eigenvalue weighted by Crippen LogP contribution is 2.41. The second-order valence-corrected chi connectivity index (χ2v) is 5.93. The molecule has 2 aliphatic rings. The zero-order valence-electron chi connectivity index (χ0n) is 12.9. The average Bonchev–Trinajstić information content (AvgIpc) is 3.00. The number of hydrazone groups is 1. The molecule has 3 heteroatoms. The van der Waals surface area contributed by atoms with Crippen molar-refractivity contribution in [1.29, 1.82) is 0 Å². The van der Waals surface area contributed by atoms with E-state index in [-0.39, 0.29) is 11.6 Å². The van der Waals surface area contributed by atoms with E-state index >= 15 is 0 Å². The van der Waals surface area contributed by atoms with Crippen molar-refractivity contribution in [3.63, 3.8) is 0 Å². The van der Waals surface area contributed by atoms with Gasteiger partial charge in [-0.15, -0.1) is 0 Å². The van der Waals surface area contributed by atoms with Gasteiger partial charge < -0.3 is 4.74 Å². The van der Waals surface area contributed by atoms with Gasteiger partial charge in [0.2, 0.25) is 0 Å². The van der Waals surface area contributed by atoms with Crippen LogP contribution in [0.25, 0.3) is 0 Å². The third-order valence-corrected chi connectivity index (χ3v) is 4.67. The fraction of sp³-hybridized carbons (Fsp3) is 0.389. The highest BCUT2D eigenvalue weighted by atomic mass is 16.5. The second-order valence-electron chi connectivity index (χ2n) is 5.93. The van der Waals surface area contributed by atoms with Crippen LogP contribution < -0.4 is 4.74 Å². The number of hydrogen-bond acceptors (Lipinski definition) is 3. The lowest BCUT2D eigenvalue weighted by Gasteiger charge is -2.43. The molecule has 3 unspecified atom stereocenters. The maximum atomic E-state index is 5.36. The highest BCUT2D eigenvalue weighted by molar-refractivity contribution is 5.61. The topological polar surface area (TPSA) is 24.8 Å². The van der Waals surface area contributed by atoms with Gasteiger partial charge in [0.05, 0.1) is 18.7 Å². The van der Waals surface area contributed by atoms with Gasteiger partial charge >= 0.3 is 0 Å². The highest BCUT2D eigenvalue weighted by Gasteiger charge is 2.40. The molecule has 1 heterocycles. The summed E-state index contributed by atoms with van der Waals surface area (Å²) in [5.41, 5.74) is 1.17. The van der Waals surface area contributed by atoms with Gasteiger partial charge in [-0.05, 0) is 24.6 Å². The molecule has 1 aliphatic heterocycles. The summed E-state index contributed by atoms with van der Waals surface area (Å²) in [5.74, 6) is 1.32. The fourth-order valence-electron chi connectivity index (χ4n) is 3.11. The minimum atomic E-state index is -0.0878. The molecule has 3 atom stereocenters. The minimum absolute atomic E-state index is 0.0878. The van der Waals surface area contributed by atoms with E-state index in [0.717, 1.165) is 12.2 Å². The predicted molar refractivity (Wildman–Crippen MR) is 86.5 cm³/mol. The molecule has 0 spiro atoms. The van der Waals surface area contributed by atoms with Crippen molar-refractivity contribution in [2.75, 3.05) is 7.11 Å². The monoisotopic (exact) mass is 282 g/mol. The molecule has 3 rings (SSSR count). The third-order valence-electron chi connectivity index (χ3n) is 4.67.